The largest absolute Gasteiger partial charge is 0.484 e. The second kappa shape index (κ2) is 6.57. The molecule has 2 aromatic carbocycles. The number of hydrogen-bond acceptors (Lipinski definition) is 4. The Hall–Kier alpha value is -2.90. The third-order valence-corrected chi connectivity index (χ3v) is 5.30. The van der Waals surface area contributed by atoms with Crippen molar-refractivity contribution in [2.75, 3.05) is 29.4 Å². The third kappa shape index (κ3) is 3.59. The highest BCUT2D eigenvalue weighted by Crippen LogP contribution is 2.46. The average molecular weight is 405 g/mol. The van der Waals surface area contributed by atoms with Gasteiger partial charge in [0.2, 0.25) is 5.91 Å². The molecule has 0 spiro atoms. The highest BCUT2D eigenvalue weighted by Gasteiger charge is 2.38. The molecular formula is C21H22F3N3O2. The summed E-state index contributed by atoms with van der Waals surface area (Å²) in [5, 5.41) is 0. The van der Waals surface area contributed by atoms with E-state index in [9.17, 15) is 18.0 Å². The van der Waals surface area contributed by atoms with Crippen molar-refractivity contribution in [3.63, 3.8) is 0 Å². The van der Waals surface area contributed by atoms with Gasteiger partial charge in [0.15, 0.2) is 0 Å². The van der Waals surface area contributed by atoms with E-state index in [4.69, 9.17) is 10.5 Å². The van der Waals surface area contributed by atoms with E-state index in [1.807, 2.05) is 43.0 Å². The maximum atomic E-state index is 13.2. The van der Waals surface area contributed by atoms with E-state index in [-0.39, 0.29) is 17.6 Å². The van der Waals surface area contributed by atoms with Crippen molar-refractivity contribution in [1.29, 1.82) is 0 Å². The number of halogens is 3. The Balaban J connectivity index is 1.74. The van der Waals surface area contributed by atoms with E-state index >= 15 is 0 Å². The molecule has 0 radical (unpaired) electrons. The molecule has 5 nitrogen and oxygen atoms in total. The fraction of sp³-hybridized carbons (Fsp3) is 0.381. The summed E-state index contributed by atoms with van der Waals surface area (Å²) < 4.78 is 45.4. The topological polar surface area (TPSA) is 58.8 Å². The number of benzene rings is 2. The first-order chi connectivity index (χ1) is 13.5. The summed E-state index contributed by atoms with van der Waals surface area (Å²) in [5.74, 6) is -0.313. The number of rotatable bonds is 3. The van der Waals surface area contributed by atoms with Gasteiger partial charge in [-0.1, -0.05) is 12.1 Å². The lowest BCUT2D eigenvalue weighted by atomic mass is 9.97. The summed E-state index contributed by atoms with van der Waals surface area (Å²) in [6, 6.07) is 11.2. The molecule has 1 saturated heterocycles. The summed E-state index contributed by atoms with van der Waals surface area (Å²) >= 11 is 0. The van der Waals surface area contributed by atoms with Gasteiger partial charge in [0.05, 0.1) is 35.1 Å². The summed E-state index contributed by atoms with van der Waals surface area (Å²) in [6.45, 7) is 5.21. The van der Waals surface area contributed by atoms with E-state index in [0.29, 0.717) is 25.3 Å². The van der Waals surface area contributed by atoms with Crippen LogP contribution in [0.2, 0.25) is 0 Å². The number of fused-ring (bicyclic) bond motifs is 1. The zero-order chi connectivity index (χ0) is 21.0. The minimum atomic E-state index is -4.44. The number of nitrogens with two attached hydrogens (primary N) is 1. The van der Waals surface area contributed by atoms with Crippen LogP contribution in [0, 0.1) is 5.92 Å². The molecule has 0 bridgehead atoms. The van der Waals surface area contributed by atoms with Crippen molar-refractivity contribution in [3.8, 4) is 5.75 Å². The van der Waals surface area contributed by atoms with Gasteiger partial charge in [-0.15, -0.1) is 0 Å². The molecule has 2 aliphatic heterocycles. The Morgan fingerprint density at radius 2 is 1.76 bits per heavy atom. The zero-order valence-corrected chi connectivity index (χ0v) is 16.2. The molecule has 0 saturated carbocycles. The molecule has 2 N–H and O–H groups in total. The Kier molecular flexibility index (Phi) is 4.40. The third-order valence-electron chi connectivity index (χ3n) is 5.30. The molecule has 0 atom stereocenters. The van der Waals surface area contributed by atoms with Gasteiger partial charge in [0.1, 0.15) is 11.4 Å². The molecule has 2 aromatic rings. The Morgan fingerprint density at radius 1 is 1.10 bits per heavy atom. The fourth-order valence-corrected chi connectivity index (χ4v) is 3.82. The quantitative estimate of drug-likeness (QED) is 0.841. The molecule has 8 heteroatoms. The van der Waals surface area contributed by atoms with Crippen LogP contribution in [0.3, 0.4) is 0 Å². The smallest absolute Gasteiger partial charge is 0.416 e. The van der Waals surface area contributed by atoms with Crippen molar-refractivity contribution in [3.05, 3.63) is 48.0 Å². The number of carbonyl (C=O) groups is 1. The first-order valence-electron chi connectivity index (χ1n) is 9.36. The molecule has 1 fully saturated rings. The van der Waals surface area contributed by atoms with E-state index in [0.717, 1.165) is 23.5 Å². The van der Waals surface area contributed by atoms with Gasteiger partial charge in [0.25, 0.3) is 0 Å². The van der Waals surface area contributed by atoms with Gasteiger partial charge in [-0.25, -0.2) is 0 Å². The summed E-state index contributed by atoms with van der Waals surface area (Å²) in [5.41, 5.74) is 6.30. The van der Waals surface area contributed by atoms with E-state index in [1.165, 1.54) is 6.07 Å². The Labute approximate surface area is 166 Å². The predicted molar refractivity (Wildman–Crippen MR) is 104 cm³/mol. The average Bonchev–Trinajstić information content (AvgIpc) is 2.58. The maximum Gasteiger partial charge on any atom is 0.416 e. The molecular weight excluding hydrogens is 383 g/mol. The van der Waals surface area contributed by atoms with Crippen molar-refractivity contribution in [2.24, 2.45) is 11.7 Å². The van der Waals surface area contributed by atoms with Gasteiger partial charge in [-0.3, -0.25) is 4.79 Å². The highest BCUT2D eigenvalue weighted by atomic mass is 19.4. The van der Waals surface area contributed by atoms with E-state index in [2.05, 4.69) is 4.90 Å². The van der Waals surface area contributed by atoms with Crippen LogP contribution in [0.25, 0.3) is 0 Å². The summed E-state index contributed by atoms with van der Waals surface area (Å²) in [4.78, 5) is 15.4. The fourth-order valence-electron chi connectivity index (χ4n) is 3.82. The second-order valence-corrected chi connectivity index (χ2v) is 8.12. The first-order valence-corrected chi connectivity index (χ1v) is 9.36. The number of hydrogen-bond donors (Lipinski definition) is 1. The standard InChI is InChI=1S/C21H22F3N3O2/c1-20(2)12-27(17-8-7-14(21(22,23)24)9-18(17)29-20)16-6-4-3-5-15(16)26-10-13(11-26)19(25)28/h3-9,13H,10-12H2,1-2H3,(H2,25,28). The van der Waals surface area contributed by atoms with Gasteiger partial charge < -0.3 is 20.3 Å². The lowest BCUT2D eigenvalue weighted by Gasteiger charge is -2.45. The minimum Gasteiger partial charge on any atom is -0.484 e. The number of nitrogens with zero attached hydrogens (tertiary/aromatic N) is 2. The lowest BCUT2D eigenvalue weighted by Crippen LogP contribution is -2.53. The number of alkyl halides is 3. The van der Waals surface area contributed by atoms with Crippen molar-refractivity contribution < 1.29 is 22.7 Å². The molecule has 4 rings (SSSR count). The van der Waals surface area contributed by atoms with Crippen molar-refractivity contribution in [2.45, 2.75) is 25.6 Å². The highest BCUT2D eigenvalue weighted by molar-refractivity contribution is 5.84. The SMILES string of the molecule is CC1(C)CN(c2ccccc2N2CC(C(N)=O)C2)c2ccc(C(F)(F)F)cc2O1. The lowest BCUT2D eigenvalue weighted by molar-refractivity contribution is -0.137. The summed E-state index contributed by atoms with van der Waals surface area (Å²) in [7, 11) is 0. The number of ether oxygens (including phenoxy) is 1. The second-order valence-electron chi connectivity index (χ2n) is 8.12. The number of primary amides is 1. The van der Waals surface area contributed by atoms with Crippen LogP contribution in [-0.2, 0) is 11.0 Å². The Bertz CT molecular complexity index is 952. The summed E-state index contributed by atoms with van der Waals surface area (Å²) in [6.07, 6.45) is -4.44. The number of carbonyl (C=O) groups excluding carboxylic acids is 1. The van der Waals surface area contributed by atoms with Crippen LogP contribution in [0.5, 0.6) is 5.75 Å². The van der Waals surface area contributed by atoms with Crippen LogP contribution < -0.4 is 20.3 Å². The van der Waals surface area contributed by atoms with Gasteiger partial charge in [-0.05, 0) is 44.2 Å². The molecule has 2 heterocycles. The van der Waals surface area contributed by atoms with Crippen LogP contribution >= 0.6 is 0 Å². The number of para-hydroxylation sites is 2. The monoisotopic (exact) mass is 405 g/mol. The van der Waals surface area contributed by atoms with Gasteiger partial charge in [-0.2, -0.15) is 13.2 Å². The molecule has 0 aromatic heterocycles. The molecule has 1 amide bonds. The maximum absolute atomic E-state index is 13.2. The van der Waals surface area contributed by atoms with Crippen LogP contribution in [0.4, 0.5) is 30.2 Å². The molecule has 29 heavy (non-hydrogen) atoms. The zero-order valence-electron chi connectivity index (χ0n) is 16.2. The van der Waals surface area contributed by atoms with Crippen molar-refractivity contribution in [1.82, 2.24) is 0 Å². The van der Waals surface area contributed by atoms with Crippen LogP contribution in [0.1, 0.15) is 19.4 Å². The predicted octanol–water partition coefficient (Wildman–Crippen LogP) is 3.94. The first kappa shape index (κ1) is 19.4. The molecule has 0 aliphatic carbocycles. The molecule has 2 aliphatic rings. The van der Waals surface area contributed by atoms with Crippen LogP contribution in [-0.4, -0.2) is 31.1 Å². The van der Waals surface area contributed by atoms with E-state index < -0.39 is 17.3 Å². The normalized spacial score (nSPS) is 18.7. The molecule has 0 unspecified atom stereocenters. The van der Waals surface area contributed by atoms with Gasteiger partial charge >= 0.3 is 6.18 Å². The number of anilines is 3. The van der Waals surface area contributed by atoms with Gasteiger partial charge in [0, 0.05) is 13.1 Å². The Morgan fingerprint density at radius 3 is 2.38 bits per heavy atom. The van der Waals surface area contributed by atoms with Crippen molar-refractivity contribution >= 4 is 23.0 Å². The van der Waals surface area contributed by atoms with Crippen LogP contribution in [0.15, 0.2) is 42.5 Å². The number of amides is 1. The minimum absolute atomic E-state index is 0.189. The van der Waals surface area contributed by atoms with E-state index in [1.54, 1.807) is 0 Å². The molecule has 154 valence electrons.